The Bertz CT molecular complexity index is 61.4. The van der Waals surface area contributed by atoms with Crippen LogP contribution in [0.4, 0.5) is 0 Å². The summed E-state index contributed by atoms with van der Waals surface area (Å²) in [5.74, 6) is 0. The van der Waals surface area contributed by atoms with Crippen LogP contribution in [0.15, 0.2) is 0 Å². The van der Waals surface area contributed by atoms with Crippen molar-refractivity contribution in [3.8, 4) is 0 Å². The molecule has 50 valence electrons. The van der Waals surface area contributed by atoms with Crippen LogP contribution in [-0.4, -0.2) is 22.5 Å². The molecule has 0 saturated carbocycles. The molecule has 0 atom stereocenters. The predicted molar refractivity (Wildman–Crippen MR) is 39.7 cm³/mol. The van der Waals surface area contributed by atoms with Crippen molar-refractivity contribution in [3.05, 3.63) is 0 Å². The minimum atomic E-state index is 0.490. The zero-order valence-electron chi connectivity index (χ0n) is 4.74. The number of hydrogen-bond acceptors (Lipinski definition) is 1. The van der Waals surface area contributed by atoms with Gasteiger partial charge in [0.15, 0.2) is 0 Å². The predicted octanol–water partition coefficient (Wildman–Crippen LogP) is -1.52. The summed E-state index contributed by atoms with van der Waals surface area (Å²) in [7, 11) is 0. The standard InChI is InChI=1S/C5H10I2N/c6-7-5-8-3-1-2-4-8/h1-5H2/q-1. The van der Waals surface area contributed by atoms with Crippen LogP contribution >= 0.6 is 18.6 Å². The number of halogens is 2. The zero-order valence-corrected chi connectivity index (χ0v) is 9.05. The molecule has 0 amide bonds. The number of nitrogens with zero attached hydrogens (tertiary/aromatic N) is 1. The second-order valence-corrected chi connectivity index (χ2v) is 7.17. The van der Waals surface area contributed by atoms with Gasteiger partial charge in [0, 0.05) is 0 Å². The van der Waals surface area contributed by atoms with Gasteiger partial charge in [-0.1, -0.05) is 0 Å². The van der Waals surface area contributed by atoms with E-state index in [0.717, 1.165) is 0 Å². The van der Waals surface area contributed by atoms with Crippen molar-refractivity contribution in [2.45, 2.75) is 12.8 Å². The Kier molecular flexibility index (Phi) is 4.02. The maximum absolute atomic E-state index is 2.58. The van der Waals surface area contributed by atoms with E-state index in [4.69, 9.17) is 0 Å². The second-order valence-electron chi connectivity index (χ2n) is 2.05. The fourth-order valence-corrected chi connectivity index (χ4v) is 4.46. The third-order valence-corrected chi connectivity index (χ3v) is 4.37. The first-order valence-corrected chi connectivity index (χ1v) is 10.7. The van der Waals surface area contributed by atoms with Crippen molar-refractivity contribution in [2.24, 2.45) is 0 Å². The average molecular weight is 338 g/mol. The normalized spacial score (nSPS) is 22.6. The van der Waals surface area contributed by atoms with E-state index in [9.17, 15) is 0 Å². The van der Waals surface area contributed by atoms with Crippen LogP contribution in [0.1, 0.15) is 12.8 Å². The molecule has 1 nitrogen and oxygen atoms in total. The van der Waals surface area contributed by atoms with E-state index in [-0.39, 0.29) is 0 Å². The Morgan fingerprint density at radius 1 is 1.38 bits per heavy atom. The van der Waals surface area contributed by atoms with Crippen molar-refractivity contribution < 1.29 is 17.2 Å². The summed E-state index contributed by atoms with van der Waals surface area (Å²) < 4.78 is 1.42. The Labute approximate surface area is 70.6 Å². The molecule has 3 heteroatoms. The van der Waals surface area contributed by atoms with Crippen LogP contribution in [0.5, 0.6) is 0 Å². The summed E-state index contributed by atoms with van der Waals surface area (Å²) in [4.78, 5) is 2.58. The van der Waals surface area contributed by atoms with E-state index in [1.54, 1.807) is 0 Å². The molecule has 8 heavy (non-hydrogen) atoms. The molecule has 0 aromatic heterocycles. The first-order chi connectivity index (χ1) is 3.93. The van der Waals surface area contributed by atoms with E-state index in [1.807, 2.05) is 0 Å². The van der Waals surface area contributed by atoms with Crippen LogP contribution in [0.3, 0.4) is 0 Å². The van der Waals surface area contributed by atoms with Gasteiger partial charge < -0.3 is 0 Å². The molecule has 1 fully saturated rings. The van der Waals surface area contributed by atoms with E-state index in [2.05, 4.69) is 23.5 Å². The quantitative estimate of drug-likeness (QED) is 0.336. The minimum absolute atomic E-state index is 0.490. The Morgan fingerprint density at radius 2 is 2.00 bits per heavy atom. The van der Waals surface area contributed by atoms with Crippen molar-refractivity contribution in [2.75, 3.05) is 17.6 Å². The van der Waals surface area contributed by atoms with Crippen molar-refractivity contribution in [1.29, 1.82) is 0 Å². The molecule has 1 aliphatic heterocycles. The van der Waals surface area contributed by atoms with E-state index in [1.165, 1.54) is 30.5 Å². The number of rotatable bonds is 2. The molecule has 0 radical (unpaired) electrons. The van der Waals surface area contributed by atoms with Crippen molar-refractivity contribution >= 4 is 18.6 Å². The average Bonchev–Trinajstić information content (AvgIpc) is 2.19. The molecular weight excluding hydrogens is 328 g/mol. The van der Waals surface area contributed by atoms with E-state index >= 15 is 0 Å². The van der Waals surface area contributed by atoms with E-state index < -0.39 is 0 Å². The first-order valence-electron chi connectivity index (χ1n) is 2.86. The van der Waals surface area contributed by atoms with Gasteiger partial charge in [-0.3, -0.25) is 0 Å². The monoisotopic (exact) mass is 338 g/mol. The molecule has 0 aliphatic carbocycles. The molecule has 0 aromatic rings. The first kappa shape index (κ1) is 7.53. The van der Waals surface area contributed by atoms with Crippen LogP contribution < -0.4 is 17.2 Å². The summed E-state index contributed by atoms with van der Waals surface area (Å²) in [5, 5.41) is 0. The molecule has 0 aromatic carbocycles. The summed E-state index contributed by atoms with van der Waals surface area (Å²) in [5.41, 5.74) is 0. The second kappa shape index (κ2) is 4.27. The number of likely N-dealkylation sites (tertiary alicyclic amines) is 1. The van der Waals surface area contributed by atoms with Gasteiger partial charge in [0.05, 0.1) is 0 Å². The third-order valence-electron chi connectivity index (χ3n) is 1.41. The fraction of sp³-hybridized carbons (Fsp3) is 1.00. The Morgan fingerprint density at radius 3 is 2.50 bits per heavy atom. The molecule has 1 heterocycles. The topological polar surface area (TPSA) is 3.24 Å². The van der Waals surface area contributed by atoms with Crippen LogP contribution in [0.2, 0.25) is 0 Å². The summed E-state index contributed by atoms with van der Waals surface area (Å²) in [6.07, 6.45) is 2.89. The van der Waals surface area contributed by atoms with Crippen LogP contribution in [0, 0.1) is 0 Å². The number of hydrogen-bond donors (Lipinski definition) is 0. The van der Waals surface area contributed by atoms with E-state index in [0.29, 0.717) is 17.2 Å². The van der Waals surface area contributed by atoms with Crippen molar-refractivity contribution in [3.63, 3.8) is 0 Å². The van der Waals surface area contributed by atoms with Gasteiger partial charge in [-0.05, 0) is 0 Å². The van der Waals surface area contributed by atoms with Gasteiger partial charge >= 0.3 is 71.2 Å². The molecule has 1 aliphatic rings. The van der Waals surface area contributed by atoms with Gasteiger partial charge in [0.1, 0.15) is 0 Å². The molecule has 1 rings (SSSR count). The van der Waals surface area contributed by atoms with Gasteiger partial charge in [-0.2, -0.15) is 0 Å². The maximum atomic E-state index is 2.58. The van der Waals surface area contributed by atoms with Crippen molar-refractivity contribution in [1.82, 2.24) is 4.90 Å². The van der Waals surface area contributed by atoms with Crippen LogP contribution in [0.25, 0.3) is 0 Å². The molecule has 0 N–H and O–H groups in total. The number of alkyl halides is 1. The summed E-state index contributed by atoms with van der Waals surface area (Å²) >= 11 is 3.04. The fourth-order valence-electron chi connectivity index (χ4n) is 0.966. The summed E-state index contributed by atoms with van der Waals surface area (Å²) in [6, 6.07) is 0. The van der Waals surface area contributed by atoms with Gasteiger partial charge in [0.25, 0.3) is 0 Å². The van der Waals surface area contributed by atoms with Crippen LogP contribution in [-0.2, 0) is 0 Å². The summed E-state index contributed by atoms with van der Waals surface area (Å²) in [6.45, 7) is 2.76. The van der Waals surface area contributed by atoms with Gasteiger partial charge in [-0.15, -0.1) is 0 Å². The molecule has 0 spiro atoms. The third kappa shape index (κ3) is 2.34. The zero-order chi connectivity index (χ0) is 5.82. The molecule has 0 unspecified atom stereocenters. The molecular formula is C5H10I2N-. The molecule has 1 saturated heterocycles. The Hall–Kier alpha value is 1.42. The SMILES string of the molecule is I[I-]CN1CCCC1. The molecule has 0 bridgehead atoms. The van der Waals surface area contributed by atoms with Gasteiger partial charge in [0.2, 0.25) is 0 Å². The Balaban J connectivity index is 2.06. The van der Waals surface area contributed by atoms with Gasteiger partial charge in [-0.25, -0.2) is 0 Å².